The zero-order chi connectivity index (χ0) is 8.10. The molecule has 0 fully saturated rings. The zero-order valence-electron chi connectivity index (χ0n) is 6.71. The largest absolute Gasteiger partial charge is 0.497 e. The fourth-order valence-electron chi connectivity index (χ4n) is 0.959. The molecule has 0 radical (unpaired) electrons. The van der Waals surface area contributed by atoms with E-state index in [1.54, 1.807) is 7.11 Å². The number of benzene rings is 1. The maximum atomic E-state index is 5.04. The Hall–Kier alpha value is -0.550. The lowest BCUT2D eigenvalue weighted by Gasteiger charge is -2.00. The summed E-state index contributed by atoms with van der Waals surface area (Å²) in [6.07, 6.45) is 2.24. The van der Waals surface area contributed by atoms with Gasteiger partial charge in [-0.1, -0.05) is 12.1 Å². The molecular weight excluding hydrogens is 155 g/mol. The Morgan fingerprint density at radius 3 is 2.36 bits per heavy atom. The van der Waals surface area contributed by atoms with Crippen LogP contribution in [0.4, 0.5) is 0 Å². The molecule has 0 spiro atoms. The van der Waals surface area contributed by atoms with Crippen molar-refractivity contribution in [3.8, 4) is 5.75 Å². The minimum Gasteiger partial charge on any atom is -0.497 e. The minimum absolute atomic E-state index is 0.928. The summed E-state index contributed by atoms with van der Waals surface area (Å²) in [5.74, 6) is 0.928. The highest BCUT2D eigenvalue weighted by atomic mass is 31.0. The molecule has 1 unspecified atom stereocenters. The molecule has 1 atom stereocenters. The second-order valence-corrected chi connectivity index (χ2v) is 2.96. The summed E-state index contributed by atoms with van der Waals surface area (Å²) in [6, 6.07) is 8.19. The van der Waals surface area contributed by atoms with E-state index in [-0.39, 0.29) is 0 Å². The first-order valence-corrected chi connectivity index (χ1v) is 4.51. The number of hydrogen-bond acceptors (Lipinski definition) is 1. The van der Waals surface area contributed by atoms with Crippen molar-refractivity contribution in [1.29, 1.82) is 0 Å². The van der Waals surface area contributed by atoms with Crippen molar-refractivity contribution in [1.82, 2.24) is 0 Å². The quantitative estimate of drug-likeness (QED) is 0.628. The van der Waals surface area contributed by atoms with Crippen molar-refractivity contribution in [2.24, 2.45) is 0 Å². The summed E-state index contributed by atoms with van der Waals surface area (Å²) in [6.45, 7) is 0. The van der Waals surface area contributed by atoms with Gasteiger partial charge in [0.05, 0.1) is 7.11 Å². The van der Waals surface area contributed by atoms with Crippen molar-refractivity contribution < 1.29 is 4.74 Å². The Balaban J connectivity index is 2.66. The van der Waals surface area contributed by atoms with Gasteiger partial charge < -0.3 is 4.74 Å². The Labute approximate surface area is 70.0 Å². The lowest BCUT2D eigenvalue weighted by atomic mass is 10.2. The van der Waals surface area contributed by atoms with E-state index in [4.69, 9.17) is 4.74 Å². The molecule has 0 heterocycles. The van der Waals surface area contributed by atoms with E-state index in [1.165, 1.54) is 5.56 Å². The highest BCUT2D eigenvalue weighted by Gasteiger charge is 1.91. The number of ether oxygens (including phenoxy) is 1. The highest BCUT2D eigenvalue weighted by molar-refractivity contribution is 7.16. The van der Waals surface area contributed by atoms with Gasteiger partial charge in [-0.3, -0.25) is 0 Å². The van der Waals surface area contributed by atoms with Crippen molar-refractivity contribution in [2.75, 3.05) is 13.3 Å². The van der Waals surface area contributed by atoms with Crippen LogP contribution in [0.2, 0.25) is 0 Å². The highest BCUT2D eigenvalue weighted by Crippen LogP contribution is 2.11. The molecule has 1 rings (SSSR count). The van der Waals surface area contributed by atoms with Crippen LogP contribution >= 0.6 is 9.24 Å². The van der Waals surface area contributed by atoms with Crippen LogP contribution in [-0.2, 0) is 6.42 Å². The number of aryl methyl sites for hydroxylation is 1. The molecule has 1 aromatic carbocycles. The molecule has 0 aliphatic carbocycles. The summed E-state index contributed by atoms with van der Waals surface area (Å²) in [4.78, 5) is 0. The van der Waals surface area contributed by atoms with E-state index < -0.39 is 0 Å². The lowest BCUT2D eigenvalue weighted by Crippen LogP contribution is -1.86. The van der Waals surface area contributed by atoms with Crippen LogP contribution in [0.1, 0.15) is 5.56 Å². The van der Waals surface area contributed by atoms with Crippen molar-refractivity contribution in [3.05, 3.63) is 29.8 Å². The van der Waals surface area contributed by atoms with Gasteiger partial charge in [-0.05, 0) is 30.3 Å². The second-order valence-electron chi connectivity index (χ2n) is 2.39. The standard InChI is InChI=1S/C9H13OP/c1-10-9-4-2-8(3-5-9)6-7-11/h2-5H,6-7,11H2,1H3. The molecule has 1 nitrogen and oxygen atoms in total. The van der Waals surface area contributed by atoms with Gasteiger partial charge in [0, 0.05) is 0 Å². The third kappa shape index (κ3) is 2.51. The molecule has 0 aliphatic heterocycles. The molecule has 2 heteroatoms. The van der Waals surface area contributed by atoms with Crippen LogP contribution in [0.25, 0.3) is 0 Å². The third-order valence-corrected chi connectivity index (χ3v) is 1.88. The van der Waals surface area contributed by atoms with Gasteiger partial charge in [-0.25, -0.2) is 0 Å². The Morgan fingerprint density at radius 1 is 1.27 bits per heavy atom. The van der Waals surface area contributed by atoms with Crippen LogP contribution < -0.4 is 4.74 Å². The number of rotatable bonds is 3. The fourth-order valence-corrected chi connectivity index (χ4v) is 1.29. The topological polar surface area (TPSA) is 9.23 Å². The van der Waals surface area contributed by atoms with E-state index in [0.29, 0.717) is 0 Å². The third-order valence-electron chi connectivity index (χ3n) is 1.59. The summed E-state index contributed by atoms with van der Waals surface area (Å²) in [7, 11) is 4.41. The maximum Gasteiger partial charge on any atom is 0.118 e. The smallest absolute Gasteiger partial charge is 0.118 e. The van der Waals surface area contributed by atoms with E-state index >= 15 is 0 Å². The average Bonchev–Trinajstić information content (AvgIpc) is 2.07. The fraction of sp³-hybridized carbons (Fsp3) is 0.333. The van der Waals surface area contributed by atoms with Crippen LogP contribution in [0.5, 0.6) is 5.75 Å². The number of methoxy groups -OCH3 is 1. The number of hydrogen-bond donors (Lipinski definition) is 0. The van der Waals surface area contributed by atoms with Crippen LogP contribution in [0.3, 0.4) is 0 Å². The van der Waals surface area contributed by atoms with Gasteiger partial charge in [0.25, 0.3) is 0 Å². The lowest BCUT2D eigenvalue weighted by molar-refractivity contribution is 0.414. The molecule has 0 aliphatic rings. The molecular formula is C9H13OP. The molecule has 0 N–H and O–H groups in total. The van der Waals surface area contributed by atoms with E-state index in [1.807, 2.05) is 12.1 Å². The van der Waals surface area contributed by atoms with Gasteiger partial charge in [0.2, 0.25) is 0 Å². The van der Waals surface area contributed by atoms with Gasteiger partial charge in [-0.2, -0.15) is 0 Å². The van der Waals surface area contributed by atoms with Crippen LogP contribution in [-0.4, -0.2) is 13.3 Å². The maximum absolute atomic E-state index is 5.04. The summed E-state index contributed by atoms with van der Waals surface area (Å²) in [5.41, 5.74) is 1.36. The first-order valence-electron chi connectivity index (χ1n) is 3.70. The minimum atomic E-state index is 0.928. The van der Waals surface area contributed by atoms with Gasteiger partial charge in [0.1, 0.15) is 5.75 Å². The van der Waals surface area contributed by atoms with Crippen molar-refractivity contribution in [2.45, 2.75) is 6.42 Å². The van der Waals surface area contributed by atoms with Gasteiger partial charge in [-0.15, -0.1) is 9.24 Å². The van der Waals surface area contributed by atoms with Crippen LogP contribution in [0.15, 0.2) is 24.3 Å². The Morgan fingerprint density at radius 2 is 1.91 bits per heavy atom. The first kappa shape index (κ1) is 8.55. The average molecular weight is 168 g/mol. The first-order chi connectivity index (χ1) is 5.36. The van der Waals surface area contributed by atoms with E-state index in [2.05, 4.69) is 21.4 Å². The molecule has 0 saturated carbocycles. The molecule has 0 amide bonds. The van der Waals surface area contributed by atoms with E-state index in [0.717, 1.165) is 18.3 Å². The molecule has 0 bridgehead atoms. The van der Waals surface area contributed by atoms with Gasteiger partial charge >= 0.3 is 0 Å². The second kappa shape index (κ2) is 4.35. The van der Waals surface area contributed by atoms with Crippen molar-refractivity contribution in [3.63, 3.8) is 0 Å². The van der Waals surface area contributed by atoms with E-state index in [9.17, 15) is 0 Å². The molecule has 60 valence electrons. The zero-order valence-corrected chi connectivity index (χ0v) is 7.86. The van der Waals surface area contributed by atoms with Gasteiger partial charge in [0.15, 0.2) is 0 Å². The Bertz CT molecular complexity index is 205. The molecule has 0 aromatic heterocycles. The molecule has 0 saturated heterocycles. The predicted molar refractivity (Wildman–Crippen MR) is 51.3 cm³/mol. The monoisotopic (exact) mass is 168 g/mol. The Kier molecular flexibility index (Phi) is 3.38. The summed E-state index contributed by atoms with van der Waals surface area (Å²) >= 11 is 0. The summed E-state index contributed by atoms with van der Waals surface area (Å²) in [5, 5.41) is 0. The summed E-state index contributed by atoms with van der Waals surface area (Å²) < 4.78 is 5.04. The normalized spacial score (nSPS) is 9.64. The van der Waals surface area contributed by atoms with Crippen molar-refractivity contribution >= 4 is 9.24 Å². The van der Waals surface area contributed by atoms with Crippen LogP contribution in [0, 0.1) is 0 Å². The molecule has 11 heavy (non-hydrogen) atoms. The molecule has 1 aromatic rings. The SMILES string of the molecule is COc1ccc(CCP)cc1. The predicted octanol–water partition coefficient (Wildman–Crippen LogP) is 2.11.